The molecule has 0 aliphatic carbocycles. The highest BCUT2D eigenvalue weighted by molar-refractivity contribution is 6.74. The average molecular weight is 543 g/mol. The molecule has 204 valence electrons. The fourth-order valence-electron chi connectivity index (χ4n) is 5.46. The smallest absolute Gasteiger partial charge is 0.278 e. The van der Waals surface area contributed by atoms with Crippen LogP contribution in [0.15, 0.2) is 85.2 Å². The summed E-state index contributed by atoms with van der Waals surface area (Å²) in [6.45, 7) is 11.6. The molecule has 2 heterocycles. The van der Waals surface area contributed by atoms with E-state index in [4.69, 9.17) is 19.0 Å². The third-order valence-corrected chi connectivity index (χ3v) is 12.9. The minimum absolute atomic E-state index is 0.000812. The molecule has 6 nitrogen and oxygen atoms in total. The Morgan fingerprint density at radius 2 is 1.36 bits per heavy atom. The van der Waals surface area contributed by atoms with Crippen LogP contribution in [0.4, 0.5) is 0 Å². The minimum atomic E-state index is -2.26. The van der Waals surface area contributed by atoms with E-state index in [0.29, 0.717) is 11.5 Å². The van der Waals surface area contributed by atoms with Gasteiger partial charge >= 0.3 is 0 Å². The largest absolute Gasteiger partial charge is 0.493 e. The molecule has 3 aromatic carbocycles. The lowest BCUT2D eigenvalue weighted by molar-refractivity contribution is -0.730. The van der Waals surface area contributed by atoms with E-state index in [0.717, 1.165) is 35.5 Å². The molecule has 0 N–H and O–H groups in total. The van der Waals surface area contributed by atoms with Crippen molar-refractivity contribution < 1.29 is 18.5 Å². The number of aromatic nitrogens is 3. The second-order valence-corrected chi connectivity index (χ2v) is 16.5. The second kappa shape index (κ2) is 10.3. The first-order valence-corrected chi connectivity index (χ1v) is 16.6. The zero-order valence-electron chi connectivity index (χ0n) is 24.1. The van der Waals surface area contributed by atoms with Crippen molar-refractivity contribution in [3.8, 4) is 17.2 Å². The quantitative estimate of drug-likeness (QED) is 0.185. The summed E-state index contributed by atoms with van der Waals surface area (Å²) in [7, 11) is 1.09. The fourth-order valence-corrected chi connectivity index (χ4v) is 6.94. The summed E-state index contributed by atoms with van der Waals surface area (Å²) >= 11 is 0. The number of rotatable bonds is 8. The number of hydrogen-bond donors (Lipinski definition) is 0. The van der Waals surface area contributed by atoms with Gasteiger partial charge in [-0.25, -0.2) is 4.57 Å². The van der Waals surface area contributed by atoms with Gasteiger partial charge in [0, 0.05) is 11.5 Å². The van der Waals surface area contributed by atoms with Crippen LogP contribution in [0, 0.1) is 0 Å². The number of benzene rings is 3. The van der Waals surface area contributed by atoms with E-state index < -0.39 is 13.9 Å². The highest BCUT2D eigenvalue weighted by Gasteiger charge is 2.55. The standard InChI is InChI=1S/C32H40N3O3Si/c1-31(2,3)39(6,7)38-32(24-15-10-8-11-16-24,25-17-12-9-13-18-25)28-21-22-29-33-35(23-34(28)29)30-26(36-4)19-14-20-27(30)37-5/h8-20,23,28H,21-22H2,1-7H3/q+1/t28-/m0/s1. The van der Waals surface area contributed by atoms with Gasteiger partial charge in [-0.1, -0.05) is 92.2 Å². The first-order valence-electron chi connectivity index (χ1n) is 13.6. The van der Waals surface area contributed by atoms with Crippen molar-refractivity contribution >= 4 is 8.32 Å². The Hall–Kier alpha value is -3.42. The number of aryl methyl sites for hydroxylation is 1. The van der Waals surface area contributed by atoms with Gasteiger partial charge in [-0.15, -0.1) is 0 Å². The minimum Gasteiger partial charge on any atom is -0.493 e. The molecule has 5 rings (SSSR count). The van der Waals surface area contributed by atoms with E-state index in [1.54, 1.807) is 14.2 Å². The summed E-state index contributed by atoms with van der Waals surface area (Å²) in [5.41, 5.74) is 2.42. The van der Waals surface area contributed by atoms with Crippen LogP contribution in [0.3, 0.4) is 0 Å². The van der Waals surface area contributed by atoms with Gasteiger partial charge in [0.1, 0.15) is 11.6 Å². The van der Waals surface area contributed by atoms with Crippen molar-refractivity contribution in [2.45, 2.75) is 63.4 Å². The van der Waals surface area contributed by atoms with Gasteiger partial charge in [-0.2, -0.15) is 0 Å². The Morgan fingerprint density at radius 3 is 1.85 bits per heavy atom. The molecule has 0 radical (unpaired) electrons. The molecule has 1 aromatic heterocycles. The Morgan fingerprint density at radius 1 is 0.821 bits per heavy atom. The predicted molar refractivity (Wildman–Crippen MR) is 156 cm³/mol. The zero-order chi connectivity index (χ0) is 27.8. The van der Waals surface area contributed by atoms with Crippen LogP contribution in [0.1, 0.15) is 50.2 Å². The second-order valence-electron chi connectivity index (χ2n) is 11.8. The number of nitrogens with zero attached hydrogens (tertiary/aromatic N) is 3. The molecule has 1 aliphatic rings. The summed E-state index contributed by atoms with van der Waals surface area (Å²) in [4.78, 5) is 0. The molecule has 1 atom stereocenters. The van der Waals surface area contributed by atoms with Crippen LogP contribution in [0.5, 0.6) is 11.5 Å². The van der Waals surface area contributed by atoms with E-state index in [1.807, 2.05) is 22.9 Å². The molecule has 7 heteroatoms. The zero-order valence-corrected chi connectivity index (χ0v) is 25.1. The van der Waals surface area contributed by atoms with Crippen LogP contribution in [0.2, 0.25) is 18.1 Å². The SMILES string of the molecule is COc1cccc(OC)c1-n1c[n+]2c(n1)CC[C@H]2C(O[Si](C)(C)C(C)(C)C)(c1ccccc1)c1ccccc1. The molecule has 0 spiro atoms. The Kier molecular flexibility index (Phi) is 7.16. The molecule has 39 heavy (non-hydrogen) atoms. The van der Waals surface area contributed by atoms with Gasteiger partial charge in [0.25, 0.3) is 5.82 Å². The van der Waals surface area contributed by atoms with Crippen LogP contribution < -0.4 is 14.0 Å². The summed E-state index contributed by atoms with van der Waals surface area (Å²) < 4.78 is 23.3. The maximum absolute atomic E-state index is 7.64. The lowest BCUT2D eigenvalue weighted by Crippen LogP contribution is -2.57. The van der Waals surface area contributed by atoms with Gasteiger partial charge < -0.3 is 13.9 Å². The molecular weight excluding hydrogens is 502 g/mol. The Bertz CT molecular complexity index is 1370. The number of methoxy groups -OCH3 is 2. The summed E-state index contributed by atoms with van der Waals surface area (Å²) in [5.74, 6) is 2.44. The van der Waals surface area contributed by atoms with Gasteiger partial charge in [0.15, 0.2) is 19.8 Å². The third kappa shape index (κ3) is 4.68. The Balaban J connectivity index is 1.75. The van der Waals surface area contributed by atoms with E-state index in [-0.39, 0.29) is 11.1 Å². The van der Waals surface area contributed by atoms with Crippen molar-refractivity contribution in [1.29, 1.82) is 0 Å². The molecule has 0 amide bonds. The van der Waals surface area contributed by atoms with Crippen LogP contribution in [-0.4, -0.2) is 32.3 Å². The van der Waals surface area contributed by atoms with Gasteiger partial charge in [-0.3, -0.25) is 0 Å². The van der Waals surface area contributed by atoms with Gasteiger partial charge in [0.05, 0.1) is 14.2 Å². The van der Waals surface area contributed by atoms with Crippen molar-refractivity contribution in [3.05, 3.63) is 102 Å². The van der Waals surface area contributed by atoms with Crippen molar-refractivity contribution in [2.24, 2.45) is 0 Å². The summed E-state index contributed by atoms with van der Waals surface area (Å²) in [6.07, 6.45) is 3.85. The summed E-state index contributed by atoms with van der Waals surface area (Å²) in [6, 6.07) is 27.3. The fraction of sp³-hybridized carbons (Fsp3) is 0.375. The molecule has 0 unspecified atom stereocenters. The number of hydrogen-bond acceptors (Lipinski definition) is 4. The van der Waals surface area contributed by atoms with Crippen molar-refractivity contribution in [1.82, 2.24) is 9.78 Å². The highest BCUT2D eigenvalue weighted by atomic mass is 28.4. The Labute approximate surface area is 233 Å². The van der Waals surface area contributed by atoms with Crippen LogP contribution in [-0.2, 0) is 16.4 Å². The van der Waals surface area contributed by atoms with E-state index in [9.17, 15) is 0 Å². The van der Waals surface area contributed by atoms with E-state index in [1.165, 1.54) is 0 Å². The number of fused-ring (bicyclic) bond motifs is 1. The molecule has 1 aliphatic heterocycles. The number of ether oxygens (including phenoxy) is 2. The monoisotopic (exact) mass is 542 g/mol. The maximum atomic E-state index is 7.64. The molecule has 0 bridgehead atoms. The van der Waals surface area contributed by atoms with Crippen LogP contribution >= 0.6 is 0 Å². The van der Waals surface area contributed by atoms with Crippen molar-refractivity contribution in [3.63, 3.8) is 0 Å². The van der Waals surface area contributed by atoms with E-state index in [2.05, 4.69) is 105 Å². The normalized spacial score (nSPS) is 15.7. The van der Waals surface area contributed by atoms with Gasteiger partial charge in [-0.05, 0) is 47.8 Å². The molecular formula is C32H40N3O3Si+. The maximum Gasteiger partial charge on any atom is 0.278 e. The van der Waals surface area contributed by atoms with Gasteiger partial charge in [0.2, 0.25) is 12.0 Å². The average Bonchev–Trinajstić information content (AvgIpc) is 3.53. The summed E-state index contributed by atoms with van der Waals surface area (Å²) in [5, 5.41) is 5.08. The third-order valence-electron chi connectivity index (χ3n) is 8.46. The molecule has 0 saturated heterocycles. The lowest BCUT2D eigenvalue weighted by atomic mass is 9.79. The highest BCUT2D eigenvalue weighted by Crippen LogP contribution is 2.50. The molecule has 0 saturated carbocycles. The van der Waals surface area contributed by atoms with Crippen molar-refractivity contribution in [2.75, 3.05) is 14.2 Å². The first kappa shape index (κ1) is 27.2. The van der Waals surface area contributed by atoms with E-state index >= 15 is 0 Å². The predicted octanol–water partition coefficient (Wildman–Crippen LogP) is 6.63. The van der Waals surface area contributed by atoms with Crippen LogP contribution in [0.25, 0.3) is 5.69 Å². The first-order chi connectivity index (χ1) is 18.6. The topological polar surface area (TPSA) is 49.4 Å². The molecule has 0 fully saturated rings. The molecule has 4 aromatic rings. The number of para-hydroxylation sites is 1. The lowest BCUT2D eigenvalue weighted by Gasteiger charge is -2.48.